The molecule has 0 bridgehead atoms. The molecule has 1 fully saturated rings. The van der Waals surface area contributed by atoms with E-state index in [1.807, 2.05) is 19.9 Å². The molecule has 0 saturated heterocycles. The Kier molecular flexibility index (Phi) is 3.26. The summed E-state index contributed by atoms with van der Waals surface area (Å²) >= 11 is 0. The number of aryl methyl sites for hydroxylation is 2. The standard InChI is InChI=1S/C13H19FN2/c1-8-5-9(2)13(11(14)6-8)12(16-15)7-10-3-4-10/h5-6,10,12,16H,3-4,7,15H2,1-2H3. The average Bonchev–Trinajstić information content (AvgIpc) is 2.98. The average molecular weight is 222 g/mol. The number of halogens is 1. The molecule has 0 aliphatic heterocycles. The zero-order chi connectivity index (χ0) is 11.7. The molecular formula is C13H19FN2. The van der Waals surface area contributed by atoms with Crippen LogP contribution in [-0.2, 0) is 0 Å². The smallest absolute Gasteiger partial charge is 0.128 e. The van der Waals surface area contributed by atoms with E-state index in [2.05, 4.69) is 5.43 Å². The normalized spacial score (nSPS) is 17.5. The summed E-state index contributed by atoms with van der Waals surface area (Å²) < 4.78 is 13.9. The van der Waals surface area contributed by atoms with Crippen LogP contribution in [0.15, 0.2) is 12.1 Å². The first-order chi connectivity index (χ1) is 7.61. The molecular weight excluding hydrogens is 203 g/mol. The SMILES string of the molecule is Cc1cc(C)c(C(CC2CC2)NN)c(F)c1. The minimum atomic E-state index is -0.138. The van der Waals surface area contributed by atoms with Gasteiger partial charge in [-0.05, 0) is 43.4 Å². The lowest BCUT2D eigenvalue weighted by atomic mass is 9.95. The van der Waals surface area contributed by atoms with Crippen LogP contribution in [0.5, 0.6) is 0 Å². The number of hydrogen-bond acceptors (Lipinski definition) is 2. The van der Waals surface area contributed by atoms with E-state index >= 15 is 0 Å². The number of hydrazine groups is 1. The van der Waals surface area contributed by atoms with Gasteiger partial charge in [0.15, 0.2) is 0 Å². The molecule has 0 heterocycles. The van der Waals surface area contributed by atoms with Crippen LogP contribution in [0.3, 0.4) is 0 Å². The van der Waals surface area contributed by atoms with E-state index in [-0.39, 0.29) is 11.9 Å². The molecule has 0 radical (unpaired) electrons. The summed E-state index contributed by atoms with van der Waals surface area (Å²) in [7, 11) is 0. The lowest BCUT2D eigenvalue weighted by Gasteiger charge is -2.19. The van der Waals surface area contributed by atoms with Gasteiger partial charge in [-0.15, -0.1) is 0 Å². The maximum atomic E-state index is 13.9. The molecule has 1 aromatic rings. The van der Waals surface area contributed by atoms with E-state index in [1.54, 1.807) is 6.07 Å². The van der Waals surface area contributed by atoms with E-state index < -0.39 is 0 Å². The second-order valence-electron chi connectivity index (χ2n) is 4.88. The third-order valence-electron chi connectivity index (χ3n) is 3.30. The van der Waals surface area contributed by atoms with Crippen molar-refractivity contribution in [2.24, 2.45) is 11.8 Å². The van der Waals surface area contributed by atoms with Crippen molar-refractivity contribution in [1.29, 1.82) is 0 Å². The van der Waals surface area contributed by atoms with Crippen LogP contribution in [0, 0.1) is 25.6 Å². The van der Waals surface area contributed by atoms with Crippen molar-refractivity contribution < 1.29 is 4.39 Å². The van der Waals surface area contributed by atoms with Crippen LogP contribution in [0.2, 0.25) is 0 Å². The van der Waals surface area contributed by atoms with Gasteiger partial charge in [-0.25, -0.2) is 4.39 Å². The Labute approximate surface area is 96.0 Å². The molecule has 0 aromatic heterocycles. The van der Waals surface area contributed by atoms with Gasteiger partial charge in [-0.2, -0.15) is 0 Å². The summed E-state index contributed by atoms with van der Waals surface area (Å²) in [5.41, 5.74) is 5.43. The number of hydrogen-bond donors (Lipinski definition) is 2. The largest absolute Gasteiger partial charge is 0.271 e. The predicted molar refractivity (Wildman–Crippen MR) is 63.3 cm³/mol. The van der Waals surface area contributed by atoms with Crippen LogP contribution in [0.25, 0.3) is 0 Å². The minimum absolute atomic E-state index is 0.0481. The second-order valence-corrected chi connectivity index (χ2v) is 4.88. The zero-order valence-corrected chi connectivity index (χ0v) is 9.89. The molecule has 1 atom stereocenters. The van der Waals surface area contributed by atoms with Crippen molar-refractivity contribution in [3.8, 4) is 0 Å². The van der Waals surface area contributed by atoms with E-state index in [1.165, 1.54) is 12.8 Å². The predicted octanol–water partition coefficient (Wildman–Crippen LogP) is 2.75. The second kappa shape index (κ2) is 4.52. The highest BCUT2D eigenvalue weighted by Gasteiger charge is 2.27. The van der Waals surface area contributed by atoms with Gasteiger partial charge in [-0.3, -0.25) is 11.3 Å². The molecule has 16 heavy (non-hydrogen) atoms. The topological polar surface area (TPSA) is 38.0 Å². The van der Waals surface area contributed by atoms with E-state index in [9.17, 15) is 4.39 Å². The highest BCUT2D eigenvalue weighted by molar-refractivity contribution is 5.34. The fourth-order valence-electron chi connectivity index (χ4n) is 2.32. The maximum Gasteiger partial charge on any atom is 0.128 e. The van der Waals surface area contributed by atoms with Gasteiger partial charge in [0.1, 0.15) is 5.82 Å². The quantitative estimate of drug-likeness (QED) is 0.607. The molecule has 3 N–H and O–H groups in total. The minimum Gasteiger partial charge on any atom is -0.271 e. The van der Waals surface area contributed by atoms with E-state index in [0.29, 0.717) is 0 Å². The van der Waals surface area contributed by atoms with Gasteiger partial charge in [0.05, 0.1) is 0 Å². The highest BCUT2D eigenvalue weighted by Crippen LogP contribution is 2.38. The molecule has 0 spiro atoms. The fraction of sp³-hybridized carbons (Fsp3) is 0.538. The Morgan fingerprint density at radius 1 is 1.44 bits per heavy atom. The number of nitrogens with one attached hydrogen (secondary N) is 1. The molecule has 1 aliphatic carbocycles. The first-order valence-electron chi connectivity index (χ1n) is 5.84. The van der Waals surface area contributed by atoms with E-state index in [0.717, 1.165) is 29.0 Å². The first-order valence-corrected chi connectivity index (χ1v) is 5.84. The fourth-order valence-corrected chi connectivity index (χ4v) is 2.32. The van der Waals surface area contributed by atoms with Crippen LogP contribution in [0.4, 0.5) is 4.39 Å². The molecule has 2 rings (SSSR count). The molecule has 2 nitrogen and oxygen atoms in total. The number of rotatable bonds is 4. The Morgan fingerprint density at radius 3 is 2.62 bits per heavy atom. The van der Waals surface area contributed by atoms with Gasteiger partial charge in [-0.1, -0.05) is 18.9 Å². The Hall–Kier alpha value is -0.930. The third kappa shape index (κ3) is 2.42. The van der Waals surface area contributed by atoms with Gasteiger partial charge in [0.25, 0.3) is 0 Å². The molecule has 1 saturated carbocycles. The summed E-state index contributed by atoms with van der Waals surface area (Å²) in [5, 5.41) is 0. The first kappa shape index (κ1) is 11.6. The molecule has 3 heteroatoms. The van der Waals surface area contributed by atoms with Crippen LogP contribution >= 0.6 is 0 Å². The number of benzene rings is 1. The molecule has 1 aliphatic rings. The molecule has 1 unspecified atom stereocenters. The summed E-state index contributed by atoms with van der Waals surface area (Å²) in [6.07, 6.45) is 3.45. The Bertz CT molecular complexity index is 363. The molecule has 0 amide bonds. The summed E-state index contributed by atoms with van der Waals surface area (Å²) in [4.78, 5) is 0. The van der Waals surface area contributed by atoms with Gasteiger partial charge in [0, 0.05) is 11.6 Å². The lowest BCUT2D eigenvalue weighted by molar-refractivity contribution is 0.460. The number of nitrogens with two attached hydrogens (primary N) is 1. The van der Waals surface area contributed by atoms with Gasteiger partial charge >= 0.3 is 0 Å². The molecule has 1 aromatic carbocycles. The van der Waals surface area contributed by atoms with Crippen LogP contribution in [0.1, 0.15) is 42.0 Å². The molecule has 88 valence electrons. The highest BCUT2D eigenvalue weighted by atomic mass is 19.1. The third-order valence-corrected chi connectivity index (χ3v) is 3.30. The van der Waals surface area contributed by atoms with Crippen molar-refractivity contribution in [3.63, 3.8) is 0 Å². The Balaban J connectivity index is 2.28. The summed E-state index contributed by atoms with van der Waals surface area (Å²) in [6.45, 7) is 3.86. The summed E-state index contributed by atoms with van der Waals surface area (Å²) in [5.74, 6) is 6.13. The summed E-state index contributed by atoms with van der Waals surface area (Å²) in [6, 6.07) is 3.54. The van der Waals surface area contributed by atoms with Crippen molar-refractivity contribution in [3.05, 3.63) is 34.6 Å². The van der Waals surface area contributed by atoms with Crippen molar-refractivity contribution in [2.75, 3.05) is 0 Å². The van der Waals surface area contributed by atoms with Gasteiger partial charge in [0.2, 0.25) is 0 Å². The zero-order valence-electron chi connectivity index (χ0n) is 9.89. The van der Waals surface area contributed by atoms with Crippen molar-refractivity contribution in [2.45, 2.75) is 39.2 Å². The van der Waals surface area contributed by atoms with E-state index in [4.69, 9.17) is 5.84 Å². The lowest BCUT2D eigenvalue weighted by Crippen LogP contribution is -2.29. The van der Waals surface area contributed by atoms with Gasteiger partial charge < -0.3 is 0 Å². The Morgan fingerprint density at radius 2 is 2.12 bits per heavy atom. The van der Waals surface area contributed by atoms with Crippen LogP contribution in [-0.4, -0.2) is 0 Å². The maximum absolute atomic E-state index is 13.9. The monoisotopic (exact) mass is 222 g/mol. The van der Waals surface area contributed by atoms with Crippen molar-refractivity contribution >= 4 is 0 Å². The van der Waals surface area contributed by atoms with Crippen molar-refractivity contribution in [1.82, 2.24) is 5.43 Å². The van der Waals surface area contributed by atoms with Crippen LogP contribution < -0.4 is 11.3 Å².